The second-order valence-corrected chi connectivity index (χ2v) is 9.21. The van der Waals surface area contributed by atoms with Gasteiger partial charge in [0.15, 0.2) is 0 Å². The van der Waals surface area contributed by atoms with Crippen LogP contribution in [0.3, 0.4) is 0 Å². The third kappa shape index (κ3) is 5.56. The first kappa shape index (κ1) is 24.3. The third-order valence-electron chi connectivity index (χ3n) is 6.46. The molecule has 1 N–H and O–H groups in total. The Bertz CT molecular complexity index is 1490. The van der Waals surface area contributed by atoms with E-state index in [9.17, 15) is 14.4 Å². The molecule has 0 saturated heterocycles. The molecule has 5 rings (SSSR count). The molecule has 0 saturated carbocycles. The molecule has 7 heteroatoms. The number of alkyl carbamates (subject to hydrolysis) is 1. The van der Waals surface area contributed by atoms with Crippen LogP contribution in [0, 0.1) is 6.92 Å². The normalized spacial score (nSPS) is 13.1. The van der Waals surface area contributed by atoms with Gasteiger partial charge in [0, 0.05) is 12.0 Å². The number of carbonyl (C=O) groups is 2. The van der Waals surface area contributed by atoms with E-state index in [4.69, 9.17) is 13.9 Å². The van der Waals surface area contributed by atoms with Crippen LogP contribution in [0.25, 0.3) is 11.0 Å². The highest BCUT2D eigenvalue weighted by Crippen LogP contribution is 2.35. The summed E-state index contributed by atoms with van der Waals surface area (Å²) in [6.45, 7) is 1.91. The molecule has 1 aromatic heterocycles. The van der Waals surface area contributed by atoms with Gasteiger partial charge in [0.05, 0.1) is 5.39 Å². The summed E-state index contributed by atoms with van der Waals surface area (Å²) in [6.07, 6.45) is 1.69. The largest absolute Gasteiger partial charge is 0.445 e. The molecule has 1 amide bonds. The van der Waals surface area contributed by atoms with Crippen molar-refractivity contribution in [2.45, 2.75) is 45.3 Å². The summed E-state index contributed by atoms with van der Waals surface area (Å²) in [4.78, 5) is 38.5. The van der Waals surface area contributed by atoms with Gasteiger partial charge in [-0.3, -0.25) is 0 Å². The van der Waals surface area contributed by atoms with E-state index < -0.39 is 18.1 Å². The number of esters is 1. The van der Waals surface area contributed by atoms with Gasteiger partial charge < -0.3 is 19.2 Å². The molecular formula is C30H27NO6. The van der Waals surface area contributed by atoms with E-state index in [1.165, 1.54) is 0 Å². The lowest BCUT2D eigenvalue weighted by molar-refractivity contribution is -0.136. The monoisotopic (exact) mass is 497 g/mol. The molecule has 37 heavy (non-hydrogen) atoms. The Morgan fingerprint density at radius 2 is 1.62 bits per heavy atom. The predicted molar refractivity (Wildman–Crippen MR) is 139 cm³/mol. The minimum atomic E-state index is -0.995. The highest BCUT2D eigenvalue weighted by atomic mass is 16.6. The van der Waals surface area contributed by atoms with Crippen LogP contribution >= 0.6 is 0 Å². The first-order valence-electron chi connectivity index (χ1n) is 12.3. The maximum Gasteiger partial charge on any atom is 0.408 e. The first-order chi connectivity index (χ1) is 18.0. The number of rotatable bonds is 7. The summed E-state index contributed by atoms with van der Waals surface area (Å²) in [7, 11) is 0. The van der Waals surface area contributed by atoms with E-state index in [1.807, 2.05) is 67.6 Å². The van der Waals surface area contributed by atoms with Gasteiger partial charge in [-0.15, -0.1) is 0 Å². The predicted octanol–water partition coefficient (Wildman–Crippen LogP) is 5.03. The van der Waals surface area contributed by atoms with E-state index >= 15 is 0 Å². The Balaban J connectivity index is 1.41. The molecule has 3 aromatic carbocycles. The third-order valence-corrected chi connectivity index (χ3v) is 6.46. The zero-order valence-corrected chi connectivity index (χ0v) is 20.5. The summed E-state index contributed by atoms with van der Waals surface area (Å²) in [5, 5.41) is 3.31. The van der Waals surface area contributed by atoms with Crippen molar-refractivity contribution < 1.29 is 23.5 Å². The summed E-state index contributed by atoms with van der Waals surface area (Å²) in [5.41, 5.74) is 4.03. The number of carbonyl (C=O) groups excluding carboxylic acids is 2. The number of ether oxygens (including phenoxy) is 2. The van der Waals surface area contributed by atoms with Crippen molar-refractivity contribution in [1.29, 1.82) is 0 Å². The van der Waals surface area contributed by atoms with E-state index in [2.05, 4.69) is 5.32 Å². The highest BCUT2D eigenvalue weighted by Gasteiger charge is 2.27. The molecule has 1 aliphatic carbocycles. The van der Waals surface area contributed by atoms with Crippen LogP contribution in [0.1, 0.15) is 34.2 Å². The summed E-state index contributed by atoms with van der Waals surface area (Å²) < 4.78 is 16.8. The SMILES string of the molecule is Cc1cc(OC(=O)[C@H](Cc2ccccc2)NC(=O)OCc2ccccc2)c2c3c(c(=O)oc2c1)CCC3. The summed E-state index contributed by atoms with van der Waals surface area (Å²) in [6, 6.07) is 21.2. The lowest BCUT2D eigenvalue weighted by Gasteiger charge is -2.19. The van der Waals surface area contributed by atoms with Gasteiger partial charge in [0.25, 0.3) is 0 Å². The molecule has 1 aliphatic rings. The molecular weight excluding hydrogens is 470 g/mol. The number of aryl methyl sites for hydroxylation is 2. The lowest BCUT2D eigenvalue weighted by Crippen LogP contribution is -2.44. The lowest BCUT2D eigenvalue weighted by atomic mass is 10.0. The van der Waals surface area contributed by atoms with Gasteiger partial charge >= 0.3 is 17.7 Å². The fraction of sp³-hybridized carbons (Fsp3) is 0.233. The van der Waals surface area contributed by atoms with Gasteiger partial charge in [-0.05, 0) is 60.6 Å². The van der Waals surface area contributed by atoms with Crippen LogP contribution in [-0.4, -0.2) is 18.1 Å². The van der Waals surface area contributed by atoms with E-state index in [1.54, 1.807) is 12.1 Å². The number of benzene rings is 3. The van der Waals surface area contributed by atoms with E-state index in [-0.39, 0.29) is 18.7 Å². The molecule has 0 bridgehead atoms. The molecule has 188 valence electrons. The van der Waals surface area contributed by atoms with Gasteiger partial charge in [0.1, 0.15) is 24.0 Å². The van der Waals surface area contributed by atoms with Crippen molar-refractivity contribution in [3.05, 3.63) is 111 Å². The second-order valence-electron chi connectivity index (χ2n) is 9.21. The molecule has 0 spiro atoms. The minimum absolute atomic E-state index is 0.0769. The Kier molecular flexibility index (Phi) is 7.03. The average Bonchev–Trinajstić information content (AvgIpc) is 3.39. The zero-order chi connectivity index (χ0) is 25.8. The molecule has 0 fully saturated rings. The fourth-order valence-corrected chi connectivity index (χ4v) is 4.72. The number of hydrogen-bond donors (Lipinski definition) is 1. The van der Waals surface area contributed by atoms with Gasteiger partial charge in [-0.25, -0.2) is 14.4 Å². The van der Waals surface area contributed by atoms with Crippen molar-refractivity contribution in [1.82, 2.24) is 5.32 Å². The Hall–Kier alpha value is -4.39. The number of nitrogens with one attached hydrogen (secondary N) is 1. The first-order valence-corrected chi connectivity index (χ1v) is 12.3. The topological polar surface area (TPSA) is 94.8 Å². The van der Waals surface area contributed by atoms with Crippen LogP contribution < -0.4 is 15.7 Å². The number of fused-ring (bicyclic) bond motifs is 3. The standard InChI is InChI=1S/C30H27NO6/c1-19-15-25-27(22-13-8-14-23(22)28(32)36-25)26(16-19)37-29(33)24(17-20-9-4-2-5-10-20)31-30(34)35-18-21-11-6-3-7-12-21/h2-7,9-12,15-16,24H,8,13-14,17-18H2,1H3,(H,31,34)/t24-/m0/s1. The molecule has 1 heterocycles. The minimum Gasteiger partial charge on any atom is -0.445 e. The van der Waals surface area contributed by atoms with Gasteiger partial charge in [0.2, 0.25) is 0 Å². The summed E-state index contributed by atoms with van der Waals surface area (Å²) >= 11 is 0. The van der Waals surface area contributed by atoms with Crippen molar-refractivity contribution in [3.63, 3.8) is 0 Å². The molecule has 1 atom stereocenters. The molecule has 0 aliphatic heterocycles. The quantitative estimate of drug-likeness (QED) is 0.219. The van der Waals surface area contributed by atoms with Gasteiger partial charge in [-0.2, -0.15) is 0 Å². The van der Waals surface area contributed by atoms with Crippen LogP contribution in [0.5, 0.6) is 5.75 Å². The molecule has 0 unspecified atom stereocenters. The second kappa shape index (κ2) is 10.7. The zero-order valence-electron chi connectivity index (χ0n) is 20.5. The number of hydrogen-bond acceptors (Lipinski definition) is 6. The fourth-order valence-electron chi connectivity index (χ4n) is 4.72. The van der Waals surface area contributed by atoms with Gasteiger partial charge in [-0.1, -0.05) is 60.7 Å². The van der Waals surface area contributed by atoms with Crippen molar-refractivity contribution in [2.75, 3.05) is 0 Å². The van der Waals surface area contributed by atoms with Crippen LogP contribution in [0.4, 0.5) is 4.79 Å². The average molecular weight is 498 g/mol. The Morgan fingerprint density at radius 3 is 2.35 bits per heavy atom. The van der Waals surface area contributed by atoms with E-state index in [0.29, 0.717) is 35.1 Å². The van der Waals surface area contributed by atoms with Crippen molar-refractivity contribution >= 4 is 23.0 Å². The maximum absolute atomic E-state index is 13.5. The molecule has 0 radical (unpaired) electrons. The van der Waals surface area contributed by atoms with E-state index in [0.717, 1.165) is 28.7 Å². The van der Waals surface area contributed by atoms with Crippen molar-refractivity contribution in [2.24, 2.45) is 0 Å². The maximum atomic E-state index is 13.5. The number of amides is 1. The van der Waals surface area contributed by atoms with Crippen LogP contribution in [0.15, 0.2) is 82.0 Å². The molecule has 4 aromatic rings. The molecule has 7 nitrogen and oxygen atoms in total. The van der Waals surface area contributed by atoms with Crippen molar-refractivity contribution in [3.8, 4) is 5.75 Å². The smallest absolute Gasteiger partial charge is 0.408 e. The summed E-state index contributed by atoms with van der Waals surface area (Å²) in [5.74, 6) is -0.315. The van der Waals surface area contributed by atoms with Crippen LogP contribution in [-0.2, 0) is 35.4 Å². The van der Waals surface area contributed by atoms with Crippen LogP contribution in [0.2, 0.25) is 0 Å². The Labute approximate surface area is 214 Å². The highest BCUT2D eigenvalue weighted by molar-refractivity contribution is 5.92. The Morgan fingerprint density at radius 1 is 0.946 bits per heavy atom.